The van der Waals surface area contributed by atoms with Crippen LogP contribution < -0.4 is 5.32 Å². The Bertz CT molecular complexity index is 1100. The van der Waals surface area contributed by atoms with Crippen LogP contribution in [0.15, 0.2) is 90.2 Å². The van der Waals surface area contributed by atoms with Crippen LogP contribution in [0.1, 0.15) is 24.0 Å². The van der Waals surface area contributed by atoms with E-state index in [1.54, 1.807) is 6.20 Å². The highest BCUT2D eigenvalue weighted by atomic mass is 32.2. The van der Waals surface area contributed by atoms with Crippen LogP contribution in [0.2, 0.25) is 0 Å². The molecule has 1 amide bonds. The van der Waals surface area contributed by atoms with Crippen molar-refractivity contribution in [3.8, 4) is 0 Å². The van der Waals surface area contributed by atoms with Crippen molar-refractivity contribution in [2.24, 2.45) is 4.99 Å². The van der Waals surface area contributed by atoms with Gasteiger partial charge in [-0.25, -0.2) is 0 Å². The van der Waals surface area contributed by atoms with Gasteiger partial charge in [0.1, 0.15) is 5.54 Å². The molecular weight excluding hydrogens is 378 g/mol. The molecule has 5 heteroatoms. The molecule has 2 aromatic carbocycles. The molecule has 0 fully saturated rings. The molecule has 4 nitrogen and oxygen atoms in total. The average Bonchev–Trinajstić information content (AvgIpc) is 3.28. The number of fused-ring (bicyclic) bond motifs is 2. The fourth-order valence-electron chi connectivity index (χ4n) is 4.19. The maximum atomic E-state index is 12.9. The van der Waals surface area contributed by atoms with Crippen molar-refractivity contribution in [1.29, 1.82) is 0 Å². The van der Waals surface area contributed by atoms with E-state index in [-0.39, 0.29) is 27.2 Å². The van der Waals surface area contributed by atoms with E-state index in [4.69, 9.17) is 4.99 Å². The van der Waals surface area contributed by atoms with Crippen LogP contribution in [-0.2, 0) is 10.3 Å². The van der Waals surface area contributed by atoms with Gasteiger partial charge in [0, 0.05) is 41.7 Å². The molecule has 3 aromatic rings. The van der Waals surface area contributed by atoms with Crippen molar-refractivity contribution < 1.29 is 4.79 Å². The third-order valence-corrected chi connectivity index (χ3v) is 8.02. The van der Waals surface area contributed by atoms with Gasteiger partial charge in [0.05, 0.1) is 5.04 Å². The number of hydrogen-bond acceptors (Lipinski definition) is 3. The Morgan fingerprint density at radius 2 is 1.79 bits per heavy atom. The predicted octanol–water partition coefficient (Wildman–Crippen LogP) is 4.61. The zero-order valence-corrected chi connectivity index (χ0v) is 16.7. The molecule has 0 saturated heterocycles. The van der Waals surface area contributed by atoms with Crippen LogP contribution in [0, 0.1) is 0 Å². The molecule has 0 radical (unpaired) electrons. The van der Waals surface area contributed by atoms with Crippen LogP contribution in [-0.4, -0.2) is 26.6 Å². The number of aromatic nitrogens is 1. The molecule has 0 saturated carbocycles. The highest BCUT2D eigenvalue weighted by Gasteiger charge is 2.52. The van der Waals surface area contributed by atoms with Crippen LogP contribution in [0.3, 0.4) is 0 Å². The zero-order valence-electron chi connectivity index (χ0n) is 15.9. The molecule has 3 atom stereocenters. The molecule has 0 aliphatic carbocycles. The topological polar surface area (TPSA) is 54.4 Å². The molecule has 29 heavy (non-hydrogen) atoms. The van der Waals surface area contributed by atoms with E-state index < -0.39 is 0 Å². The number of anilines is 1. The predicted molar refractivity (Wildman–Crippen MR) is 121 cm³/mol. The summed E-state index contributed by atoms with van der Waals surface area (Å²) in [5.74, 6) is 0.0388. The number of para-hydroxylation sites is 1. The summed E-state index contributed by atoms with van der Waals surface area (Å²) in [6, 6.07) is 24.1. The summed E-state index contributed by atoms with van der Waals surface area (Å²) < 4.78 is 0. The highest BCUT2D eigenvalue weighted by molar-refractivity contribution is 8.29. The number of benzene rings is 2. The number of nitrogens with one attached hydrogen (secondary N) is 1. The Morgan fingerprint density at radius 1 is 1.03 bits per heavy atom. The molecule has 1 unspecified atom stereocenters. The van der Waals surface area contributed by atoms with E-state index in [2.05, 4.69) is 46.0 Å². The number of amides is 1. The first-order chi connectivity index (χ1) is 14.3. The van der Waals surface area contributed by atoms with Gasteiger partial charge in [-0.05, 0) is 29.8 Å². The van der Waals surface area contributed by atoms with Gasteiger partial charge in [-0.1, -0.05) is 53.9 Å². The molecule has 5 rings (SSSR count). The summed E-state index contributed by atoms with van der Waals surface area (Å²) in [4.78, 5) is 22.4. The van der Waals surface area contributed by atoms with E-state index in [1.165, 1.54) is 5.56 Å². The summed E-state index contributed by atoms with van der Waals surface area (Å²) in [5, 5.41) is 6.62. The third kappa shape index (κ3) is 3.21. The van der Waals surface area contributed by atoms with Gasteiger partial charge in [-0.15, -0.1) is 10.5 Å². The van der Waals surface area contributed by atoms with Gasteiger partial charge >= 0.3 is 0 Å². The van der Waals surface area contributed by atoms with Crippen LogP contribution in [0.4, 0.5) is 5.69 Å². The molecular formula is C24H21N3OS. The first kappa shape index (κ1) is 18.0. The second-order valence-corrected chi connectivity index (χ2v) is 9.33. The van der Waals surface area contributed by atoms with Crippen molar-refractivity contribution in [2.75, 3.05) is 5.32 Å². The summed E-state index contributed by atoms with van der Waals surface area (Å²) in [6.07, 6.45) is 4.96. The van der Waals surface area contributed by atoms with Gasteiger partial charge in [-0.2, -0.15) is 0 Å². The lowest BCUT2D eigenvalue weighted by molar-refractivity contribution is -0.116. The molecule has 0 spiro atoms. The lowest BCUT2D eigenvalue weighted by Gasteiger charge is -2.29. The number of carbonyl (C=O) groups excluding carboxylic acids is 1. The Balaban J connectivity index is 1.49. The number of nitrogens with zero attached hydrogens (tertiary/aromatic N) is 2. The van der Waals surface area contributed by atoms with E-state index in [9.17, 15) is 4.79 Å². The highest BCUT2D eigenvalue weighted by Crippen LogP contribution is 2.56. The molecule has 2 bridgehead atoms. The van der Waals surface area contributed by atoms with Crippen LogP contribution in [0.25, 0.3) is 0 Å². The van der Waals surface area contributed by atoms with E-state index in [0.717, 1.165) is 22.7 Å². The van der Waals surface area contributed by atoms with E-state index in [0.29, 0.717) is 6.42 Å². The molecule has 2 aliphatic heterocycles. The maximum absolute atomic E-state index is 12.9. The molecule has 2 aliphatic rings. The number of hydrogen-bond donors (Lipinski definition) is 1. The van der Waals surface area contributed by atoms with E-state index in [1.807, 2.05) is 48.7 Å². The lowest BCUT2D eigenvalue weighted by atomic mass is 9.83. The number of carbonyl (C=O) groups is 1. The van der Waals surface area contributed by atoms with Crippen LogP contribution >= 0.6 is 10.5 Å². The SMILES string of the molecule is O=C(C[C@H]1[S@@]2=CCC1(c1ccccc1)N=C2c1cccnc1)Nc1ccccc1. The van der Waals surface area contributed by atoms with Crippen LogP contribution in [0.5, 0.6) is 0 Å². The normalized spacial score (nSPS) is 24.6. The molecule has 3 heterocycles. The Hall–Kier alpha value is -3.05. The average molecular weight is 400 g/mol. The minimum Gasteiger partial charge on any atom is -0.326 e. The van der Waals surface area contributed by atoms with Crippen molar-refractivity contribution in [1.82, 2.24) is 4.98 Å². The Labute approximate surface area is 172 Å². The fourth-order valence-corrected chi connectivity index (χ4v) is 6.98. The van der Waals surface area contributed by atoms with Gasteiger partial charge in [0.2, 0.25) is 5.91 Å². The maximum Gasteiger partial charge on any atom is 0.225 e. The third-order valence-electron chi connectivity index (χ3n) is 5.55. The quantitative estimate of drug-likeness (QED) is 0.637. The minimum absolute atomic E-state index is 0.0388. The lowest BCUT2D eigenvalue weighted by Crippen LogP contribution is -2.33. The number of rotatable bonds is 5. The van der Waals surface area contributed by atoms with Gasteiger partial charge < -0.3 is 5.32 Å². The molecule has 1 aromatic heterocycles. The smallest absolute Gasteiger partial charge is 0.225 e. The van der Waals surface area contributed by atoms with Gasteiger partial charge in [0.15, 0.2) is 0 Å². The zero-order chi connectivity index (χ0) is 19.7. The van der Waals surface area contributed by atoms with Crippen molar-refractivity contribution in [3.05, 3.63) is 96.3 Å². The summed E-state index contributed by atoms with van der Waals surface area (Å²) in [6.45, 7) is 0. The summed E-state index contributed by atoms with van der Waals surface area (Å²) in [7, 11) is -0.181. The first-order valence-corrected chi connectivity index (χ1v) is 11.1. The Morgan fingerprint density at radius 3 is 2.52 bits per heavy atom. The largest absolute Gasteiger partial charge is 0.326 e. The summed E-state index contributed by atoms with van der Waals surface area (Å²) >= 11 is 0. The fraction of sp³-hybridized carbons (Fsp3) is 0.167. The standard InChI is InChI=1S/C24H21N3OS/c28-22(26-20-11-5-2-6-12-20)16-21-24(19-9-3-1-4-10-19)13-15-29(21)23(27-24)18-8-7-14-25-17-18/h1-12,14-15,17,21H,13,16H2,(H,26,28)/t21-,24?,29+/m1/s1. The second-order valence-electron chi connectivity index (χ2n) is 7.30. The van der Waals surface area contributed by atoms with E-state index >= 15 is 0 Å². The Kier molecular flexibility index (Phi) is 4.60. The second kappa shape index (κ2) is 7.41. The van der Waals surface area contributed by atoms with Crippen molar-refractivity contribution >= 4 is 32.5 Å². The van der Waals surface area contributed by atoms with Crippen molar-refractivity contribution in [2.45, 2.75) is 23.6 Å². The van der Waals surface area contributed by atoms with Crippen molar-refractivity contribution in [3.63, 3.8) is 0 Å². The number of aliphatic imine (C=N–C) groups is 1. The summed E-state index contributed by atoms with van der Waals surface area (Å²) in [5.41, 5.74) is 2.70. The minimum atomic E-state index is -0.371. The first-order valence-electron chi connectivity index (χ1n) is 9.72. The monoisotopic (exact) mass is 399 g/mol. The molecule has 144 valence electrons. The van der Waals surface area contributed by atoms with Gasteiger partial charge in [0.25, 0.3) is 0 Å². The van der Waals surface area contributed by atoms with Gasteiger partial charge in [-0.3, -0.25) is 14.8 Å². The number of pyridine rings is 1. The molecule has 1 N–H and O–H groups in total.